The van der Waals surface area contributed by atoms with Crippen LogP contribution in [0.5, 0.6) is 5.75 Å². The molecule has 0 saturated carbocycles. The number of carbonyl (C=O) groups is 1. The minimum atomic E-state index is -0.367. The standard InChI is InChI=1S/C14H13BrN2O2/c1-8-6-10(3-5-12(8)16)17-14(19)11-4-2-9(15)7-13(11)18/h2-7,18H,16H2,1H3,(H,17,19). The Bertz CT molecular complexity index is 641. The Balaban J connectivity index is 2.23. The Morgan fingerprint density at radius 2 is 2.00 bits per heavy atom. The fourth-order valence-corrected chi connectivity index (χ4v) is 2.00. The van der Waals surface area contributed by atoms with Crippen LogP contribution in [0.25, 0.3) is 0 Å². The van der Waals surface area contributed by atoms with Crippen LogP contribution in [-0.4, -0.2) is 11.0 Å². The van der Waals surface area contributed by atoms with Crippen molar-refractivity contribution >= 4 is 33.2 Å². The van der Waals surface area contributed by atoms with Crippen molar-refractivity contribution in [1.82, 2.24) is 0 Å². The molecule has 0 bridgehead atoms. The highest BCUT2D eigenvalue weighted by atomic mass is 79.9. The van der Waals surface area contributed by atoms with Crippen LogP contribution in [0.1, 0.15) is 15.9 Å². The summed E-state index contributed by atoms with van der Waals surface area (Å²) in [4.78, 5) is 12.0. The van der Waals surface area contributed by atoms with E-state index in [4.69, 9.17) is 5.73 Å². The fraction of sp³-hybridized carbons (Fsp3) is 0.0714. The van der Waals surface area contributed by atoms with E-state index in [2.05, 4.69) is 21.2 Å². The first-order chi connectivity index (χ1) is 8.97. The lowest BCUT2D eigenvalue weighted by Crippen LogP contribution is -2.12. The maximum atomic E-state index is 12.0. The number of aryl methyl sites for hydroxylation is 1. The molecule has 0 fully saturated rings. The third-order valence-corrected chi connectivity index (χ3v) is 3.23. The third kappa shape index (κ3) is 3.06. The summed E-state index contributed by atoms with van der Waals surface area (Å²) in [7, 11) is 0. The summed E-state index contributed by atoms with van der Waals surface area (Å²) < 4.78 is 0.713. The maximum Gasteiger partial charge on any atom is 0.259 e. The van der Waals surface area contributed by atoms with Crippen LogP contribution in [0.15, 0.2) is 40.9 Å². The molecule has 0 radical (unpaired) electrons. The number of phenols is 1. The molecule has 0 atom stereocenters. The molecule has 2 rings (SSSR count). The Kier molecular flexibility index (Phi) is 3.76. The van der Waals surface area contributed by atoms with Gasteiger partial charge in [0.2, 0.25) is 0 Å². The second kappa shape index (κ2) is 5.32. The van der Waals surface area contributed by atoms with Gasteiger partial charge in [-0.3, -0.25) is 4.79 Å². The lowest BCUT2D eigenvalue weighted by molar-refractivity contribution is 0.102. The van der Waals surface area contributed by atoms with Gasteiger partial charge in [0.1, 0.15) is 5.75 Å². The van der Waals surface area contributed by atoms with E-state index >= 15 is 0 Å². The first-order valence-electron chi connectivity index (χ1n) is 5.63. The monoisotopic (exact) mass is 320 g/mol. The number of benzene rings is 2. The van der Waals surface area contributed by atoms with Gasteiger partial charge in [-0.1, -0.05) is 15.9 Å². The number of hydrogen-bond acceptors (Lipinski definition) is 3. The number of nitrogen functional groups attached to an aromatic ring is 1. The van der Waals surface area contributed by atoms with Crippen LogP contribution in [0.4, 0.5) is 11.4 Å². The summed E-state index contributed by atoms with van der Waals surface area (Å²) in [5.74, 6) is -0.437. The largest absolute Gasteiger partial charge is 0.507 e. The number of carbonyl (C=O) groups excluding carboxylic acids is 1. The number of rotatable bonds is 2. The first-order valence-corrected chi connectivity index (χ1v) is 6.42. The van der Waals surface area contributed by atoms with Gasteiger partial charge in [0.05, 0.1) is 5.56 Å². The van der Waals surface area contributed by atoms with Crippen molar-refractivity contribution in [3.63, 3.8) is 0 Å². The van der Waals surface area contributed by atoms with Gasteiger partial charge in [-0.15, -0.1) is 0 Å². The summed E-state index contributed by atoms with van der Waals surface area (Å²) in [6.45, 7) is 1.86. The maximum absolute atomic E-state index is 12.0. The molecule has 4 N–H and O–H groups in total. The molecule has 98 valence electrons. The minimum Gasteiger partial charge on any atom is -0.507 e. The highest BCUT2D eigenvalue weighted by Crippen LogP contribution is 2.24. The van der Waals surface area contributed by atoms with E-state index in [1.807, 2.05) is 6.92 Å². The summed E-state index contributed by atoms with van der Waals surface area (Å²) >= 11 is 3.22. The van der Waals surface area contributed by atoms with Gasteiger partial charge in [0.25, 0.3) is 5.91 Å². The molecular formula is C14H13BrN2O2. The fourth-order valence-electron chi connectivity index (χ4n) is 1.65. The molecule has 0 aliphatic rings. The summed E-state index contributed by atoms with van der Waals surface area (Å²) in [5.41, 5.74) is 8.13. The number of anilines is 2. The second-order valence-corrected chi connectivity index (χ2v) is 5.10. The third-order valence-electron chi connectivity index (χ3n) is 2.73. The van der Waals surface area contributed by atoms with Crippen LogP contribution in [0, 0.1) is 6.92 Å². The Labute approximate surface area is 119 Å². The highest BCUT2D eigenvalue weighted by molar-refractivity contribution is 9.10. The van der Waals surface area contributed by atoms with E-state index in [9.17, 15) is 9.90 Å². The van der Waals surface area contributed by atoms with Crippen molar-refractivity contribution < 1.29 is 9.90 Å². The minimum absolute atomic E-state index is 0.0703. The molecule has 0 saturated heterocycles. The molecule has 2 aromatic rings. The van der Waals surface area contributed by atoms with Crippen LogP contribution < -0.4 is 11.1 Å². The predicted octanol–water partition coefficient (Wildman–Crippen LogP) is 3.30. The van der Waals surface area contributed by atoms with Gasteiger partial charge >= 0.3 is 0 Å². The molecule has 0 spiro atoms. The molecule has 0 heterocycles. The van der Waals surface area contributed by atoms with Crippen molar-refractivity contribution in [3.05, 3.63) is 52.0 Å². The zero-order valence-electron chi connectivity index (χ0n) is 10.3. The molecule has 0 aromatic heterocycles. The lowest BCUT2D eigenvalue weighted by Gasteiger charge is -2.09. The number of halogens is 1. The van der Waals surface area contributed by atoms with E-state index < -0.39 is 0 Å². The molecule has 0 aliphatic carbocycles. The van der Waals surface area contributed by atoms with Crippen LogP contribution in [0.3, 0.4) is 0 Å². The quantitative estimate of drug-likeness (QED) is 0.743. The van der Waals surface area contributed by atoms with Gasteiger partial charge in [0, 0.05) is 15.8 Å². The molecule has 19 heavy (non-hydrogen) atoms. The molecule has 4 nitrogen and oxygen atoms in total. The van der Waals surface area contributed by atoms with E-state index in [1.165, 1.54) is 6.07 Å². The summed E-state index contributed by atoms with van der Waals surface area (Å²) in [6.07, 6.45) is 0. The van der Waals surface area contributed by atoms with E-state index in [1.54, 1.807) is 30.3 Å². The van der Waals surface area contributed by atoms with E-state index in [0.717, 1.165) is 5.56 Å². The topological polar surface area (TPSA) is 75.3 Å². The van der Waals surface area contributed by atoms with Crippen molar-refractivity contribution in [3.8, 4) is 5.75 Å². The van der Waals surface area contributed by atoms with Crippen LogP contribution in [-0.2, 0) is 0 Å². The van der Waals surface area contributed by atoms with E-state index in [-0.39, 0.29) is 17.2 Å². The van der Waals surface area contributed by atoms with Gasteiger partial charge < -0.3 is 16.2 Å². The van der Waals surface area contributed by atoms with Crippen LogP contribution >= 0.6 is 15.9 Å². The van der Waals surface area contributed by atoms with Crippen molar-refractivity contribution in [2.75, 3.05) is 11.1 Å². The first kappa shape index (κ1) is 13.4. The second-order valence-electron chi connectivity index (χ2n) is 4.19. The van der Waals surface area contributed by atoms with Gasteiger partial charge in [-0.2, -0.15) is 0 Å². The zero-order valence-corrected chi connectivity index (χ0v) is 11.9. The summed E-state index contributed by atoms with van der Waals surface area (Å²) in [5, 5.41) is 12.4. The summed E-state index contributed by atoms with van der Waals surface area (Å²) in [6, 6.07) is 9.95. The molecule has 0 aliphatic heterocycles. The predicted molar refractivity (Wildman–Crippen MR) is 79.4 cm³/mol. The number of hydrogen-bond donors (Lipinski definition) is 3. The van der Waals surface area contributed by atoms with E-state index in [0.29, 0.717) is 15.8 Å². The van der Waals surface area contributed by atoms with Crippen LogP contribution in [0.2, 0.25) is 0 Å². The number of nitrogens with one attached hydrogen (secondary N) is 1. The van der Waals surface area contributed by atoms with Gasteiger partial charge in [-0.25, -0.2) is 0 Å². The van der Waals surface area contributed by atoms with Crippen molar-refractivity contribution in [1.29, 1.82) is 0 Å². The average molecular weight is 321 g/mol. The van der Waals surface area contributed by atoms with Gasteiger partial charge in [-0.05, 0) is 48.9 Å². The molecule has 0 unspecified atom stereocenters. The number of amides is 1. The van der Waals surface area contributed by atoms with Gasteiger partial charge in [0.15, 0.2) is 0 Å². The molecule has 1 amide bonds. The average Bonchev–Trinajstić information content (AvgIpc) is 2.33. The highest BCUT2D eigenvalue weighted by Gasteiger charge is 2.11. The van der Waals surface area contributed by atoms with Crippen molar-refractivity contribution in [2.45, 2.75) is 6.92 Å². The SMILES string of the molecule is Cc1cc(NC(=O)c2ccc(Br)cc2O)ccc1N. The van der Waals surface area contributed by atoms with Crippen molar-refractivity contribution in [2.24, 2.45) is 0 Å². The number of aromatic hydroxyl groups is 1. The number of nitrogens with two attached hydrogens (primary N) is 1. The molecule has 2 aromatic carbocycles. The lowest BCUT2D eigenvalue weighted by atomic mass is 10.1. The Morgan fingerprint density at radius 1 is 1.26 bits per heavy atom. The Morgan fingerprint density at radius 3 is 2.63 bits per heavy atom. The smallest absolute Gasteiger partial charge is 0.259 e. The number of phenolic OH excluding ortho intramolecular Hbond substituents is 1. The normalized spacial score (nSPS) is 10.2. The molecule has 5 heteroatoms. The zero-order chi connectivity index (χ0) is 14.0. The Hall–Kier alpha value is -2.01. The molecular weight excluding hydrogens is 308 g/mol.